The molecule has 0 rings (SSSR count). The number of halogens is 6. The molecule has 0 amide bonds. The molecule has 0 aromatic heterocycles. The molecule has 0 bridgehead atoms. The smallest absolute Gasteiger partial charge is 0.421 e. The molecule has 0 fully saturated rings. The number of unbranched alkanes of at least 4 members (excludes halogenated alkanes) is 12. The van der Waals surface area contributed by atoms with E-state index >= 15 is 0 Å². The van der Waals surface area contributed by atoms with Gasteiger partial charge in [0.2, 0.25) is 14.1 Å². The highest BCUT2D eigenvalue weighted by Crippen LogP contribution is 2.56. The first kappa shape index (κ1) is 50.1. The van der Waals surface area contributed by atoms with Gasteiger partial charge in [-0.2, -0.15) is 30.5 Å². The van der Waals surface area contributed by atoms with Crippen LogP contribution in [0.4, 0.5) is 26.3 Å². The van der Waals surface area contributed by atoms with Crippen LogP contribution in [0.3, 0.4) is 0 Å². The topological polar surface area (TPSA) is 96.5 Å². The molecule has 0 radical (unpaired) electrons. The van der Waals surface area contributed by atoms with Crippen LogP contribution in [0.2, 0.25) is 0 Å². The molecule has 0 spiro atoms. The predicted molar refractivity (Wildman–Crippen MR) is 196 cm³/mol. The van der Waals surface area contributed by atoms with Gasteiger partial charge in [0.1, 0.15) is 0 Å². The van der Waals surface area contributed by atoms with Crippen molar-refractivity contribution in [3.8, 4) is 0 Å². The maximum Gasteiger partial charge on any atom is 0.480 e. The highest BCUT2D eigenvalue weighted by Gasteiger charge is 2.47. The second-order valence-electron chi connectivity index (χ2n) is 12.8. The summed E-state index contributed by atoms with van der Waals surface area (Å²) in [4.78, 5) is 0. The molecule has 0 aromatic rings. The Kier molecular flexibility index (Phi) is 27.0. The number of rotatable bonds is 26. The van der Waals surface area contributed by atoms with Crippen LogP contribution >= 0.6 is 14.1 Å². The molecule has 0 saturated heterocycles. The van der Waals surface area contributed by atoms with Crippen molar-refractivity contribution in [3.63, 3.8) is 0 Å². The molecule has 0 atom stereocenters. The minimum Gasteiger partial charge on any atom is -0.421 e. The first-order valence-electron chi connectivity index (χ1n) is 18.1. The van der Waals surface area contributed by atoms with E-state index < -0.39 is 45.2 Å². The van der Waals surface area contributed by atoms with E-state index in [4.69, 9.17) is 4.17 Å². The third-order valence-corrected chi connectivity index (χ3v) is 20.9. The number of hydrogen-bond donors (Lipinski definition) is 0. The average Bonchev–Trinajstić information content (AvgIpc) is 2.97. The van der Waals surface area contributed by atoms with Gasteiger partial charge in [-0.05, 0) is 38.5 Å². The van der Waals surface area contributed by atoms with Crippen molar-refractivity contribution in [2.24, 2.45) is 0 Å². The minimum atomic E-state index is -6.72. The Morgan fingerprint density at radius 2 is 0.604 bits per heavy atom. The van der Waals surface area contributed by atoms with Gasteiger partial charge in [0.05, 0.1) is 0 Å². The lowest BCUT2D eigenvalue weighted by Crippen LogP contribution is -2.30. The van der Waals surface area contributed by atoms with E-state index in [1.807, 2.05) is 0 Å². The number of nitrogens with zero attached hydrogens (tertiary/aromatic N) is 2. The van der Waals surface area contributed by atoms with Crippen LogP contribution in [0.25, 0.3) is 4.13 Å². The molecule has 292 valence electrons. The van der Waals surface area contributed by atoms with Gasteiger partial charge in [0.25, 0.3) is 0 Å². The standard InChI is InChI=1S/C30H66NP2.C2F6NO4S2/c1-7-13-19-25-32(26-20-14-8-2,27-21-15-9-3)31-33(28-22-16-10-4,29-23-17-11-5)30-24-18-12-6;3-1(4,5)14(10,11)9-15(12,13)2(6,7)8/h7-30H2,1-6H3;/q+1;-1. The summed E-state index contributed by atoms with van der Waals surface area (Å²) in [7, 11) is -15.8. The predicted octanol–water partition coefficient (Wildman–Crippen LogP) is 12.7. The number of sulfonamides is 2. The summed E-state index contributed by atoms with van der Waals surface area (Å²) in [5.74, 6) is 0. The van der Waals surface area contributed by atoms with Crippen molar-refractivity contribution in [2.45, 2.75) is 168 Å². The van der Waals surface area contributed by atoms with Gasteiger partial charge in [-0.15, -0.1) is 0 Å². The van der Waals surface area contributed by atoms with Gasteiger partial charge in [-0.1, -0.05) is 119 Å². The van der Waals surface area contributed by atoms with Crippen LogP contribution in [-0.4, -0.2) is 64.8 Å². The minimum absolute atomic E-state index is 0.778. The molecular weight excluding hydrogens is 716 g/mol. The molecule has 16 heteroatoms. The molecule has 6 nitrogen and oxygen atoms in total. The van der Waals surface area contributed by atoms with Crippen molar-refractivity contribution >= 4 is 34.2 Å². The SMILES string of the molecule is CCCCCP(CCCCC)(CCCCC)=[N+]=P(CCCCC)(CCCCC)CCCCC.O=S(=O)([N-]S(=O)(=O)C(F)(F)F)C(F)(F)F. The lowest BCUT2D eigenvalue weighted by Gasteiger charge is -2.22. The summed E-state index contributed by atoms with van der Waals surface area (Å²) in [6.07, 6.45) is 34.3. The van der Waals surface area contributed by atoms with Crippen LogP contribution in [0, 0.1) is 0 Å². The first-order chi connectivity index (χ1) is 22.3. The highest BCUT2D eigenvalue weighted by molar-refractivity contribution is 8.13. The van der Waals surface area contributed by atoms with Gasteiger partial charge >= 0.3 is 11.0 Å². The second-order valence-corrected chi connectivity index (χ2v) is 24.0. The van der Waals surface area contributed by atoms with Crippen LogP contribution < -0.4 is 4.17 Å². The summed E-state index contributed by atoms with van der Waals surface area (Å²) in [5.41, 5.74) is -12.4. The average molecular weight is 783 g/mol. The van der Waals surface area contributed by atoms with Gasteiger partial charge in [-0.25, -0.2) is 16.8 Å². The lowest BCUT2D eigenvalue weighted by molar-refractivity contribution is -0.0444. The lowest BCUT2D eigenvalue weighted by atomic mass is 10.3. The van der Waals surface area contributed by atoms with Crippen molar-refractivity contribution in [2.75, 3.05) is 37.0 Å². The summed E-state index contributed by atoms with van der Waals surface area (Å²) >= 11 is 0. The van der Waals surface area contributed by atoms with Crippen LogP contribution in [0.15, 0.2) is 0 Å². The van der Waals surface area contributed by atoms with E-state index in [1.54, 1.807) is 0 Å². The van der Waals surface area contributed by atoms with Crippen molar-refractivity contribution in [3.05, 3.63) is 4.13 Å². The fraction of sp³-hybridized carbons (Fsp3) is 1.00. The Labute approximate surface area is 290 Å². The molecule has 0 heterocycles. The number of hydrogen-bond acceptors (Lipinski definition) is 4. The molecule has 0 N–H and O–H groups in total. The fourth-order valence-corrected chi connectivity index (χ4v) is 18.8. The zero-order valence-corrected chi connectivity index (χ0v) is 33.9. The molecule has 0 aromatic carbocycles. The van der Waals surface area contributed by atoms with E-state index in [2.05, 4.69) is 41.5 Å². The fourth-order valence-electron chi connectivity index (χ4n) is 5.49. The van der Waals surface area contributed by atoms with Gasteiger partial charge in [0, 0.05) is 37.0 Å². The molecule has 0 aliphatic heterocycles. The maximum atomic E-state index is 11.4. The Morgan fingerprint density at radius 1 is 0.417 bits per heavy atom. The Morgan fingerprint density at radius 3 is 0.750 bits per heavy atom. The molecule has 0 unspecified atom stereocenters. The first-order valence-corrected chi connectivity index (χ1v) is 25.6. The molecule has 0 aliphatic carbocycles. The van der Waals surface area contributed by atoms with Crippen LogP contribution in [-0.2, 0) is 20.0 Å². The Bertz CT molecular complexity index is 1020. The molecule has 0 aliphatic rings. The third-order valence-electron chi connectivity index (χ3n) is 8.23. The van der Waals surface area contributed by atoms with E-state index in [0.717, 1.165) is 4.13 Å². The zero-order chi connectivity index (χ0) is 37.4. The summed E-state index contributed by atoms with van der Waals surface area (Å²) in [6, 6.07) is 0. The summed E-state index contributed by atoms with van der Waals surface area (Å²) in [6.45, 7) is 14.3. The number of alkyl halides is 6. The van der Waals surface area contributed by atoms with Crippen molar-refractivity contribution in [1.29, 1.82) is 0 Å². The van der Waals surface area contributed by atoms with Gasteiger partial charge in [0.15, 0.2) is 20.0 Å². The monoisotopic (exact) mass is 782 g/mol. The highest BCUT2D eigenvalue weighted by atomic mass is 32.3. The largest absolute Gasteiger partial charge is 0.480 e. The van der Waals surface area contributed by atoms with E-state index in [9.17, 15) is 43.2 Å². The van der Waals surface area contributed by atoms with Crippen molar-refractivity contribution < 1.29 is 43.2 Å². The summed E-state index contributed by atoms with van der Waals surface area (Å²) < 4.78 is 116. The zero-order valence-electron chi connectivity index (χ0n) is 30.5. The van der Waals surface area contributed by atoms with Crippen molar-refractivity contribution in [1.82, 2.24) is 4.17 Å². The van der Waals surface area contributed by atoms with E-state index in [-0.39, 0.29) is 0 Å². The Hall–Kier alpha value is 0.0100. The van der Waals surface area contributed by atoms with Gasteiger partial charge in [-0.3, -0.25) is 0 Å². The molecule has 48 heavy (non-hydrogen) atoms. The molecule has 0 saturated carbocycles. The van der Waals surface area contributed by atoms with E-state index in [0.29, 0.717) is 0 Å². The molecular formula is C32H66F6N2O4P2S2. The normalized spacial score (nSPS) is 13.2. The second kappa shape index (κ2) is 25.9. The quantitative estimate of drug-likeness (QED) is 0.0378. The summed E-state index contributed by atoms with van der Waals surface area (Å²) in [5, 5.41) is 0. The van der Waals surface area contributed by atoms with Gasteiger partial charge < -0.3 is 4.13 Å². The van der Waals surface area contributed by atoms with Crippen LogP contribution in [0.1, 0.15) is 157 Å². The maximum absolute atomic E-state index is 11.4. The van der Waals surface area contributed by atoms with Crippen LogP contribution in [0.5, 0.6) is 0 Å². The Balaban J connectivity index is 0. The van der Waals surface area contributed by atoms with E-state index in [1.165, 1.54) is 153 Å². The third kappa shape index (κ3) is 21.4.